The minimum Gasteiger partial charge on any atom is -0.492 e. The van der Waals surface area contributed by atoms with Crippen molar-refractivity contribution in [2.75, 3.05) is 46.4 Å². The molecule has 7 nitrogen and oxygen atoms in total. The van der Waals surface area contributed by atoms with Gasteiger partial charge in [0.25, 0.3) is 5.91 Å². The zero-order valence-electron chi connectivity index (χ0n) is 15.6. The van der Waals surface area contributed by atoms with E-state index in [2.05, 4.69) is 31.1 Å². The van der Waals surface area contributed by atoms with E-state index < -0.39 is 0 Å². The molecule has 0 spiro atoms. The molecule has 1 aliphatic rings. The fourth-order valence-corrected chi connectivity index (χ4v) is 3.28. The van der Waals surface area contributed by atoms with Crippen molar-refractivity contribution in [2.24, 2.45) is 4.99 Å². The fraction of sp³-hybridized carbons (Fsp3) is 0.368. The third kappa shape index (κ3) is 6.13. The maximum Gasteiger partial charge on any atom is 0.289 e. The number of furan rings is 1. The van der Waals surface area contributed by atoms with Crippen molar-refractivity contribution in [3.05, 3.63) is 52.9 Å². The predicted octanol–water partition coefficient (Wildman–Crippen LogP) is 3.07. The molecule has 28 heavy (non-hydrogen) atoms. The largest absolute Gasteiger partial charge is 0.492 e. The Morgan fingerprint density at radius 1 is 1.21 bits per heavy atom. The molecule has 152 valence electrons. The zero-order valence-corrected chi connectivity index (χ0v) is 19.6. The maximum absolute atomic E-state index is 12.3. The van der Waals surface area contributed by atoms with Gasteiger partial charge in [-0.2, -0.15) is 0 Å². The van der Waals surface area contributed by atoms with E-state index >= 15 is 0 Å². The third-order valence-corrected chi connectivity index (χ3v) is 4.75. The molecule has 0 unspecified atom stereocenters. The van der Waals surface area contributed by atoms with Crippen molar-refractivity contribution in [2.45, 2.75) is 0 Å². The van der Waals surface area contributed by atoms with Gasteiger partial charge >= 0.3 is 0 Å². The lowest BCUT2D eigenvalue weighted by atomic mass is 10.3. The third-order valence-electron chi connectivity index (χ3n) is 4.26. The summed E-state index contributed by atoms with van der Waals surface area (Å²) in [5, 5.41) is 3.31. The van der Waals surface area contributed by atoms with Crippen LogP contribution >= 0.6 is 39.9 Å². The van der Waals surface area contributed by atoms with Crippen LogP contribution < -0.4 is 10.1 Å². The molecular formula is C19H24BrIN4O3. The minimum atomic E-state index is -0.0648. The SMILES string of the molecule is CN=C(NCCOc1cccc(Br)c1)N1CCN(C(=O)c2ccco2)CC1.I. The average molecular weight is 563 g/mol. The number of benzene rings is 1. The van der Waals surface area contributed by atoms with Crippen molar-refractivity contribution < 1.29 is 13.9 Å². The molecule has 0 saturated carbocycles. The van der Waals surface area contributed by atoms with Crippen molar-refractivity contribution in [3.8, 4) is 5.75 Å². The number of hydrogen-bond acceptors (Lipinski definition) is 4. The van der Waals surface area contributed by atoms with Crippen LogP contribution in [0.1, 0.15) is 10.6 Å². The van der Waals surface area contributed by atoms with Crippen LogP contribution in [0, 0.1) is 0 Å². The van der Waals surface area contributed by atoms with Crippen LogP contribution in [0.15, 0.2) is 56.5 Å². The van der Waals surface area contributed by atoms with Crippen LogP contribution in [0.2, 0.25) is 0 Å². The quantitative estimate of drug-likeness (QED) is 0.262. The number of carbonyl (C=O) groups is 1. The molecule has 1 aromatic heterocycles. The van der Waals surface area contributed by atoms with Gasteiger partial charge < -0.3 is 24.3 Å². The number of nitrogens with zero attached hydrogens (tertiary/aromatic N) is 3. The molecule has 0 bridgehead atoms. The zero-order chi connectivity index (χ0) is 19.1. The molecule has 1 N–H and O–H groups in total. The van der Waals surface area contributed by atoms with Crippen molar-refractivity contribution in [1.29, 1.82) is 0 Å². The predicted molar refractivity (Wildman–Crippen MR) is 123 cm³/mol. The van der Waals surface area contributed by atoms with Gasteiger partial charge in [-0.15, -0.1) is 24.0 Å². The highest BCUT2D eigenvalue weighted by molar-refractivity contribution is 14.0. The van der Waals surface area contributed by atoms with E-state index in [0.29, 0.717) is 32.0 Å². The number of aliphatic imine (C=N–C) groups is 1. The Kier molecular flexibility index (Phi) is 9.10. The van der Waals surface area contributed by atoms with Gasteiger partial charge in [-0.25, -0.2) is 0 Å². The van der Waals surface area contributed by atoms with E-state index in [1.807, 2.05) is 24.3 Å². The molecule has 1 fully saturated rings. The maximum atomic E-state index is 12.3. The highest BCUT2D eigenvalue weighted by atomic mass is 127. The van der Waals surface area contributed by atoms with E-state index in [0.717, 1.165) is 29.3 Å². The molecule has 2 heterocycles. The summed E-state index contributed by atoms with van der Waals surface area (Å²) < 4.78 is 11.9. The lowest BCUT2D eigenvalue weighted by Gasteiger charge is -2.36. The Morgan fingerprint density at radius 3 is 2.61 bits per heavy atom. The lowest BCUT2D eigenvalue weighted by Crippen LogP contribution is -2.54. The van der Waals surface area contributed by atoms with Crippen molar-refractivity contribution in [3.63, 3.8) is 0 Å². The van der Waals surface area contributed by atoms with E-state index in [4.69, 9.17) is 9.15 Å². The molecule has 1 aromatic carbocycles. The Hall–Kier alpha value is -1.75. The number of piperazine rings is 1. The molecule has 1 aliphatic heterocycles. The van der Waals surface area contributed by atoms with Crippen LogP contribution in [0.3, 0.4) is 0 Å². The first kappa shape index (κ1) is 22.5. The fourth-order valence-electron chi connectivity index (χ4n) is 2.90. The van der Waals surface area contributed by atoms with E-state index in [1.54, 1.807) is 24.1 Å². The number of guanidine groups is 1. The first-order valence-electron chi connectivity index (χ1n) is 8.84. The second-order valence-corrected chi connectivity index (χ2v) is 6.95. The molecule has 2 aromatic rings. The monoisotopic (exact) mass is 562 g/mol. The number of amides is 1. The Balaban J connectivity index is 0.00000280. The van der Waals surface area contributed by atoms with E-state index in [1.165, 1.54) is 6.26 Å². The summed E-state index contributed by atoms with van der Waals surface area (Å²) in [4.78, 5) is 20.6. The summed E-state index contributed by atoms with van der Waals surface area (Å²) in [6.07, 6.45) is 1.52. The van der Waals surface area contributed by atoms with Crippen LogP contribution in [0.5, 0.6) is 5.75 Å². The smallest absolute Gasteiger partial charge is 0.289 e. The van der Waals surface area contributed by atoms with Gasteiger partial charge in [0.2, 0.25) is 0 Å². The molecule has 1 saturated heterocycles. The van der Waals surface area contributed by atoms with E-state index in [9.17, 15) is 4.79 Å². The molecule has 0 atom stereocenters. The molecule has 3 rings (SSSR count). The molecule has 9 heteroatoms. The van der Waals surface area contributed by atoms with Crippen LogP contribution in [-0.2, 0) is 0 Å². The first-order chi connectivity index (χ1) is 13.2. The van der Waals surface area contributed by atoms with Crippen LogP contribution in [-0.4, -0.2) is 68.0 Å². The normalized spacial score (nSPS) is 14.4. The standard InChI is InChI=1S/C19H23BrN4O3.HI/c1-21-19(22-7-13-26-16-5-2-4-15(20)14-16)24-10-8-23(9-11-24)18(25)17-6-3-12-27-17;/h2-6,12,14H,7-11,13H2,1H3,(H,21,22);1H. The summed E-state index contributed by atoms with van der Waals surface area (Å²) >= 11 is 3.43. The average Bonchev–Trinajstić information content (AvgIpc) is 3.23. The highest BCUT2D eigenvalue weighted by Gasteiger charge is 2.24. The van der Waals surface area contributed by atoms with Gasteiger partial charge in [-0.3, -0.25) is 9.79 Å². The second kappa shape index (κ2) is 11.3. The summed E-state index contributed by atoms with van der Waals surface area (Å²) in [6, 6.07) is 11.2. The van der Waals surface area contributed by atoms with E-state index in [-0.39, 0.29) is 29.9 Å². The van der Waals surface area contributed by atoms with Gasteiger partial charge in [-0.1, -0.05) is 22.0 Å². The van der Waals surface area contributed by atoms with Crippen molar-refractivity contribution in [1.82, 2.24) is 15.1 Å². The number of ether oxygens (including phenoxy) is 1. The van der Waals surface area contributed by atoms with Gasteiger partial charge in [0.1, 0.15) is 12.4 Å². The number of carbonyl (C=O) groups excluding carboxylic acids is 1. The summed E-state index contributed by atoms with van der Waals surface area (Å²) in [6.45, 7) is 3.89. The Morgan fingerprint density at radius 2 is 1.96 bits per heavy atom. The Bertz CT molecular complexity index is 777. The van der Waals surface area contributed by atoms with Gasteiger partial charge in [0, 0.05) is 37.7 Å². The lowest BCUT2D eigenvalue weighted by molar-refractivity contribution is 0.0657. The molecule has 0 aliphatic carbocycles. The summed E-state index contributed by atoms with van der Waals surface area (Å²) in [5.41, 5.74) is 0. The number of hydrogen-bond donors (Lipinski definition) is 1. The van der Waals surface area contributed by atoms with Gasteiger partial charge in [0.05, 0.1) is 12.8 Å². The molecular weight excluding hydrogens is 539 g/mol. The Labute approximate surface area is 190 Å². The number of halogens is 2. The first-order valence-corrected chi connectivity index (χ1v) is 9.63. The summed E-state index contributed by atoms with van der Waals surface area (Å²) in [7, 11) is 1.76. The molecule has 1 amide bonds. The minimum absolute atomic E-state index is 0. The van der Waals surface area contributed by atoms with Crippen LogP contribution in [0.25, 0.3) is 0 Å². The van der Waals surface area contributed by atoms with Crippen LogP contribution in [0.4, 0.5) is 0 Å². The number of nitrogens with one attached hydrogen (secondary N) is 1. The van der Waals surface area contributed by atoms with Gasteiger partial charge in [0.15, 0.2) is 11.7 Å². The second-order valence-electron chi connectivity index (χ2n) is 6.04. The van der Waals surface area contributed by atoms with Gasteiger partial charge in [-0.05, 0) is 30.3 Å². The van der Waals surface area contributed by atoms with Crippen molar-refractivity contribution >= 4 is 51.8 Å². The number of rotatable bonds is 5. The topological polar surface area (TPSA) is 70.3 Å². The summed E-state index contributed by atoms with van der Waals surface area (Å²) in [5.74, 6) is 1.96. The molecule has 0 radical (unpaired) electrons. The highest BCUT2D eigenvalue weighted by Crippen LogP contribution is 2.17.